The molecule has 184 valence electrons. The summed E-state index contributed by atoms with van der Waals surface area (Å²) in [6, 6.07) is 9.17. The van der Waals surface area contributed by atoms with E-state index in [1.54, 1.807) is 17.0 Å². The molecule has 0 radical (unpaired) electrons. The van der Waals surface area contributed by atoms with E-state index < -0.39 is 0 Å². The maximum atomic E-state index is 13.3. The minimum Gasteiger partial charge on any atom is -0.507 e. The van der Waals surface area contributed by atoms with E-state index in [0.717, 1.165) is 27.8 Å². The Labute approximate surface area is 208 Å². The second-order valence-corrected chi connectivity index (χ2v) is 10.8. The Morgan fingerprint density at radius 3 is 2.09 bits per heavy atom. The third kappa shape index (κ3) is 5.61. The van der Waals surface area contributed by atoms with Gasteiger partial charge in [0.25, 0.3) is 0 Å². The van der Waals surface area contributed by atoms with Gasteiger partial charge in [0.1, 0.15) is 11.6 Å². The molecule has 0 amide bonds. The van der Waals surface area contributed by atoms with Crippen LogP contribution in [0.1, 0.15) is 79.7 Å². The highest BCUT2D eigenvalue weighted by Crippen LogP contribution is 2.40. The van der Waals surface area contributed by atoms with Crippen molar-refractivity contribution in [1.29, 1.82) is 5.41 Å². The highest BCUT2D eigenvalue weighted by molar-refractivity contribution is 6.05. The second kappa shape index (κ2) is 9.79. The van der Waals surface area contributed by atoms with E-state index in [2.05, 4.69) is 0 Å². The number of benzene rings is 2. The second-order valence-electron chi connectivity index (χ2n) is 10.8. The van der Waals surface area contributed by atoms with E-state index in [4.69, 9.17) is 10.1 Å². The summed E-state index contributed by atoms with van der Waals surface area (Å²) in [6.07, 6.45) is 0.147. The number of ether oxygens (including phenoxy) is 1. The van der Waals surface area contributed by atoms with Gasteiger partial charge in [0.05, 0.1) is 20.1 Å². The van der Waals surface area contributed by atoms with Crippen molar-refractivity contribution in [3.8, 4) is 5.75 Å². The van der Waals surface area contributed by atoms with Crippen LogP contribution < -0.4 is 0 Å². The molecule has 0 aliphatic carbocycles. The summed E-state index contributed by atoms with van der Waals surface area (Å²) >= 11 is 0. The average molecular weight is 487 g/mol. The SMILES string of the molecule is COC(=O)Cc1ccc2c(c1)C(=N)N(CC(=O)c1cc(C(C)(C)C)c(O)c(C(C)(C)C)c1)C2.Cl. The van der Waals surface area contributed by atoms with Crippen LogP contribution in [-0.2, 0) is 33.3 Å². The van der Waals surface area contributed by atoms with Crippen LogP contribution in [0.2, 0.25) is 0 Å². The third-order valence-electron chi connectivity index (χ3n) is 6.07. The van der Waals surface area contributed by atoms with Crippen LogP contribution in [0, 0.1) is 5.41 Å². The van der Waals surface area contributed by atoms with E-state index in [1.165, 1.54) is 7.11 Å². The maximum absolute atomic E-state index is 13.3. The standard InChI is InChI=1S/C27H34N2O4.ClH/c1-26(2,3)20-12-18(13-21(24(20)32)27(4,5)6)22(30)15-29-14-17-9-8-16(11-23(31)33-7)10-19(17)25(29)28;/h8-10,12-13,28,32H,11,14-15H2,1-7H3;1H. The lowest BCUT2D eigenvalue weighted by molar-refractivity contribution is -0.139. The van der Waals surface area contributed by atoms with E-state index in [-0.39, 0.29) is 59.5 Å². The lowest BCUT2D eigenvalue weighted by Crippen LogP contribution is -2.30. The van der Waals surface area contributed by atoms with Crippen molar-refractivity contribution < 1.29 is 19.4 Å². The molecule has 0 aromatic heterocycles. The largest absolute Gasteiger partial charge is 0.507 e. The van der Waals surface area contributed by atoms with Gasteiger partial charge in [0.2, 0.25) is 0 Å². The number of Topliss-reactive ketones (excluding diaryl/α,β-unsaturated/α-hetero) is 1. The third-order valence-corrected chi connectivity index (χ3v) is 6.07. The van der Waals surface area contributed by atoms with Crippen molar-refractivity contribution in [2.75, 3.05) is 13.7 Å². The zero-order valence-electron chi connectivity index (χ0n) is 21.0. The normalized spacial score (nSPS) is 13.4. The highest BCUT2D eigenvalue weighted by atomic mass is 35.5. The fraction of sp³-hybridized carbons (Fsp3) is 0.444. The molecule has 0 saturated carbocycles. The zero-order chi connectivity index (χ0) is 24.7. The topological polar surface area (TPSA) is 90.7 Å². The molecule has 0 spiro atoms. The quantitative estimate of drug-likeness (QED) is 0.450. The van der Waals surface area contributed by atoms with Gasteiger partial charge in [-0.05, 0) is 40.2 Å². The van der Waals surface area contributed by atoms with E-state index >= 15 is 0 Å². The number of methoxy groups -OCH3 is 1. The molecule has 1 aliphatic heterocycles. The summed E-state index contributed by atoms with van der Waals surface area (Å²) in [7, 11) is 1.35. The molecule has 6 nitrogen and oxygen atoms in total. The number of nitrogens with zero attached hydrogens (tertiary/aromatic N) is 1. The van der Waals surface area contributed by atoms with Crippen LogP contribution >= 0.6 is 12.4 Å². The van der Waals surface area contributed by atoms with Crippen molar-refractivity contribution in [2.24, 2.45) is 0 Å². The summed E-state index contributed by atoms with van der Waals surface area (Å²) < 4.78 is 4.73. The molecule has 34 heavy (non-hydrogen) atoms. The lowest BCUT2D eigenvalue weighted by Gasteiger charge is -2.28. The molecule has 0 fully saturated rings. The van der Waals surface area contributed by atoms with Gasteiger partial charge in [-0.25, -0.2) is 0 Å². The number of hydrogen-bond donors (Lipinski definition) is 2. The Balaban J connectivity index is 0.00000408. The molecule has 3 rings (SSSR count). The summed E-state index contributed by atoms with van der Waals surface area (Å²) in [6.45, 7) is 12.6. The Hall–Kier alpha value is -2.86. The fourth-order valence-electron chi connectivity index (χ4n) is 4.12. The minimum absolute atomic E-state index is 0. The van der Waals surface area contributed by atoms with Crippen LogP contribution in [-0.4, -0.2) is 41.2 Å². The van der Waals surface area contributed by atoms with Gasteiger partial charge in [-0.15, -0.1) is 12.4 Å². The zero-order valence-corrected chi connectivity index (χ0v) is 21.9. The Morgan fingerprint density at radius 1 is 1.03 bits per heavy atom. The van der Waals surface area contributed by atoms with Gasteiger partial charge < -0.3 is 14.7 Å². The van der Waals surface area contributed by atoms with Gasteiger partial charge in [-0.1, -0.05) is 53.7 Å². The number of rotatable bonds is 5. The van der Waals surface area contributed by atoms with E-state index in [0.29, 0.717) is 12.1 Å². The summed E-state index contributed by atoms with van der Waals surface area (Å²) in [4.78, 5) is 26.7. The first-order chi connectivity index (χ1) is 15.2. The number of fused-ring (bicyclic) bond motifs is 1. The molecule has 1 aliphatic rings. The van der Waals surface area contributed by atoms with Gasteiger partial charge in [-0.3, -0.25) is 15.0 Å². The number of aromatic hydroxyl groups is 1. The number of phenols is 1. The number of phenolic OH excluding ortho intramolecular Hbond substituents is 1. The van der Waals surface area contributed by atoms with Crippen LogP contribution in [0.5, 0.6) is 5.75 Å². The molecule has 1 heterocycles. The Morgan fingerprint density at radius 2 is 1.59 bits per heavy atom. The average Bonchev–Trinajstić information content (AvgIpc) is 3.01. The Bertz CT molecular complexity index is 1090. The molecule has 7 heteroatoms. The van der Waals surface area contributed by atoms with Gasteiger partial charge in [0, 0.05) is 28.8 Å². The fourth-order valence-corrected chi connectivity index (χ4v) is 4.12. The minimum atomic E-state index is -0.330. The van der Waals surface area contributed by atoms with Gasteiger partial charge >= 0.3 is 5.97 Å². The molecule has 0 bridgehead atoms. The van der Waals surface area contributed by atoms with Crippen LogP contribution in [0.4, 0.5) is 0 Å². The predicted molar refractivity (Wildman–Crippen MR) is 136 cm³/mol. The molecule has 0 unspecified atom stereocenters. The number of carbonyl (C=O) groups excluding carboxylic acids is 2. The van der Waals surface area contributed by atoms with Crippen molar-refractivity contribution in [2.45, 2.75) is 65.3 Å². The maximum Gasteiger partial charge on any atom is 0.309 e. The van der Waals surface area contributed by atoms with Crippen LogP contribution in [0.15, 0.2) is 30.3 Å². The number of ketones is 1. The number of carbonyl (C=O) groups is 2. The number of halogens is 1. The Kier molecular flexibility index (Phi) is 7.88. The smallest absolute Gasteiger partial charge is 0.309 e. The molecule has 0 atom stereocenters. The molecule has 2 aromatic carbocycles. The monoisotopic (exact) mass is 486 g/mol. The van der Waals surface area contributed by atoms with Crippen molar-refractivity contribution in [3.63, 3.8) is 0 Å². The molecule has 0 saturated heterocycles. The van der Waals surface area contributed by atoms with E-state index in [1.807, 2.05) is 59.7 Å². The van der Waals surface area contributed by atoms with Gasteiger partial charge in [0.15, 0.2) is 5.78 Å². The number of esters is 1. The van der Waals surface area contributed by atoms with Gasteiger partial charge in [-0.2, -0.15) is 0 Å². The van der Waals surface area contributed by atoms with Crippen LogP contribution in [0.3, 0.4) is 0 Å². The highest BCUT2D eigenvalue weighted by Gasteiger charge is 2.30. The predicted octanol–water partition coefficient (Wildman–Crippen LogP) is 5.15. The first kappa shape index (κ1) is 27.4. The molecular weight excluding hydrogens is 452 g/mol. The summed E-state index contributed by atoms with van der Waals surface area (Å²) in [5, 5.41) is 19.5. The van der Waals surface area contributed by atoms with Crippen molar-refractivity contribution >= 4 is 30.0 Å². The van der Waals surface area contributed by atoms with Crippen LogP contribution in [0.25, 0.3) is 0 Å². The number of nitrogens with one attached hydrogen (secondary N) is 1. The summed E-state index contributed by atoms with van der Waals surface area (Å²) in [5.41, 5.74) is 3.84. The molecule has 2 aromatic rings. The molecule has 2 N–H and O–H groups in total. The number of hydrogen-bond acceptors (Lipinski definition) is 5. The first-order valence-electron chi connectivity index (χ1n) is 11.2. The summed E-state index contributed by atoms with van der Waals surface area (Å²) in [5.74, 6) is 0.0865. The molecular formula is C27H35ClN2O4. The van der Waals surface area contributed by atoms with Crippen molar-refractivity contribution in [3.05, 3.63) is 63.7 Å². The number of amidine groups is 1. The van der Waals surface area contributed by atoms with E-state index in [9.17, 15) is 14.7 Å². The van der Waals surface area contributed by atoms with Crippen molar-refractivity contribution in [1.82, 2.24) is 4.90 Å². The first-order valence-corrected chi connectivity index (χ1v) is 11.2. The lowest BCUT2D eigenvalue weighted by atomic mass is 9.78.